The molecule has 6 rings (SSSR count). The van der Waals surface area contributed by atoms with Gasteiger partial charge in [-0.25, -0.2) is 14.4 Å². The van der Waals surface area contributed by atoms with E-state index in [1.54, 1.807) is 12.4 Å². The fraction of sp³-hybridized carbons (Fsp3) is 0.625. The first kappa shape index (κ1) is 30.8. The Balaban J connectivity index is 1.20. The average molecular weight is 624 g/mol. The van der Waals surface area contributed by atoms with E-state index in [1.165, 1.54) is 9.80 Å². The SMILES string of the molecule is O=C(N[C@H]1CCCCC/C=C\[C@@H]2C[C@@]2(C(=O)O)NC(=O)C2C[C@@H](OC(=O)N3Cc4ccncc4C3)CN2C1=O)OC1CCCC1. The van der Waals surface area contributed by atoms with Crippen LogP contribution in [-0.4, -0.2) is 86.2 Å². The fourth-order valence-electron chi connectivity index (χ4n) is 7.05. The third-order valence-corrected chi connectivity index (χ3v) is 9.74. The van der Waals surface area contributed by atoms with E-state index in [4.69, 9.17) is 9.47 Å². The molecular weight excluding hydrogens is 582 g/mol. The van der Waals surface area contributed by atoms with Crippen LogP contribution in [0.3, 0.4) is 0 Å². The standard InChI is InChI=1S/C32H41N5O8/c38-27-26-14-24(45-31(43)36-17-20-12-13-33-16-21(20)18-36)19-37(26)28(39)25(34-30(42)44-23-9-6-7-10-23)11-5-3-1-2-4-8-22-15-32(22,35-27)29(40)41/h4,8,12-13,16,22-26H,1-3,5-7,9-11,14-15,17-19H2,(H,34,42)(H,35,38)(H,40,41)/b8-4-/t22-,24-,25+,26?,32-/m1/s1. The lowest BCUT2D eigenvalue weighted by Gasteiger charge is -2.29. The maximum absolute atomic E-state index is 14.1. The number of amides is 4. The van der Waals surface area contributed by atoms with E-state index in [2.05, 4.69) is 15.6 Å². The molecule has 3 N–H and O–H groups in total. The number of nitrogens with one attached hydrogen (secondary N) is 2. The van der Waals surface area contributed by atoms with Gasteiger partial charge < -0.3 is 30.1 Å². The Morgan fingerprint density at radius 2 is 1.78 bits per heavy atom. The summed E-state index contributed by atoms with van der Waals surface area (Å²) in [7, 11) is 0. The lowest BCUT2D eigenvalue weighted by Crippen LogP contribution is -2.56. The summed E-state index contributed by atoms with van der Waals surface area (Å²) in [6.07, 6.45) is 12.1. The number of aromatic nitrogens is 1. The highest BCUT2D eigenvalue weighted by molar-refractivity contribution is 5.96. The number of pyridine rings is 1. The predicted octanol–water partition coefficient (Wildman–Crippen LogP) is 3.02. The number of alkyl carbamates (subject to hydrolysis) is 1. The Morgan fingerprint density at radius 1 is 1.00 bits per heavy atom. The molecule has 5 atom stereocenters. The van der Waals surface area contributed by atoms with Gasteiger partial charge in [0.25, 0.3) is 0 Å². The molecule has 2 aliphatic carbocycles. The van der Waals surface area contributed by atoms with Crippen LogP contribution in [0.1, 0.15) is 81.8 Å². The lowest BCUT2D eigenvalue weighted by atomic mass is 10.0. The average Bonchev–Trinajstić information content (AvgIpc) is 3.43. The number of aliphatic carboxylic acids is 1. The van der Waals surface area contributed by atoms with Crippen molar-refractivity contribution in [1.29, 1.82) is 0 Å². The summed E-state index contributed by atoms with van der Waals surface area (Å²) in [6, 6.07) is -0.189. The van der Waals surface area contributed by atoms with Crippen LogP contribution in [-0.2, 0) is 36.9 Å². The van der Waals surface area contributed by atoms with Gasteiger partial charge in [-0.3, -0.25) is 19.5 Å². The second-order valence-corrected chi connectivity index (χ2v) is 12.9. The molecule has 4 amide bonds. The van der Waals surface area contributed by atoms with E-state index >= 15 is 0 Å². The quantitative estimate of drug-likeness (QED) is 0.427. The van der Waals surface area contributed by atoms with Crippen molar-refractivity contribution in [3.63, 3.8) is 0 Å². The molecule has 45 heavy (non-hydrogen) atoms. The predicted molar refractivity (Wildman–Crippen MR) is 158 cm³/mol. The third kappa shape index (κ3) is 6.76. The Bertz CT molecular complexity index is 1340. The molecule has 1 unspecified atom stereocenters. The second kappa shape index (κ2) is 13.1. The summed E-state index contributed by atoms with van der Waals surface area (Å²) in [5.41, 5.74) is 0.449. The molecule has 3 aliphatic heterocycles. The summed E-state index contributed by atoms with van der Waals surface area (Å²) in [4.78, 5) is 73.2. The van der Waals surface area contributed by atoms with Gasteiger partial charge in [0, 0.05) is 31.3 Å². The molecule has 0 bridgehead atoms. The van der Waals surface area contributed by atoms with Gasteiger partial charge in [-0.2, -0.15) is 0 Å². The largest absolute Gasteiger partial charge is 0.479 e. The molecule has 1 aromatic heterocycles. The van der Waals surface area contributed by atoms with Gasteiger partial charge in [0.05, 0.1) is 13.1 Å². The van der Waals surface area contributed by atoms with E-state index < -0.39 is 53.7 Å². The van der Waals surface area contributed by atoms with Crippen molar-refractivity contribution in [2.45, 2.75) is 114 Å². The van der Waals surface area contributed by atoms with Crippen LogP contribution in [0.4, 0.5) is 9.59 Å². The van der Waals surface area contributed by atoms with Crippen molar-refractivity contribution in [2.75, 3.05) is 6.54 Å². The van der Waals surface area contributed by atoms with Gasteiger partial charge in [0.1, 0.15) is 29.8 Å². The van der Waals surface area contributed by atoms with Crippen LogP contribution in [0, 0.1) is 5.92 Å². The van der Waals surface area contributed by atoms with Gasteiger partial charge in [-0.05, 0) is 68.6 Å². The monoisotopic (exact) mass is 623 g/mol. The fourth-order valence-corrected chi connectivity index (χ4v) is 7.05. The second-order valence-electron chi connectivity index (χ2n) is 12.9. The number of nitrogens with zero attached hydrogens (tertiary/aromatic N) is 3. The Kier molecular flexibility index (Phi) is 8.95. The molecule has 13 nitrogen and oxygen atoms in total. The first-order chi connectivity index (χ1) is 21.7. The molecule has 2 saturated carbocycles. The number of rotatable bonds is 4. The summed E-state index contributed by atoms with van der Waals surface area (Å²) in [6.45, 7) is 0.637. The van der Waals surface area contributed by atoms with Gasteiger partial charge in [-0.1, -0.05) is 25.0 Å². The smallest absolute Gasteiger partial charge is 0.410 e. The molecule has 13 heteroatoms. The molecule has 0 aromatic carbocycles. The number of carboxylic acid groups (broad SMARTS) is 1. The number of ether oxygens (including phenoxy) is 2. The van der Waals surface area contributed by atoms with Gasteiger partial charge in [0.15, 0.2) is 0 Å². The Hall–Kier alpha value is -4.16. The molecule has 5 aliphatic rings. The number of hydrogen-bond acceptors (Lipinski definition) is 8. The van der Waals surface area contributed by atoms with Gasteiger partial charge in [0.2, 0.25) is 11.8 Å². The van der Waals surface area contributed by atoms with E-state index in [0.717, 1.165) is 56.1 Å². The van der Waals surface area contributed by atoms with Gasteiger partial charge in [-0.15, -0.1) is 0 Å². The maximum atomic E-state index is 14.1. The number of carboxylic acids is 1. The molecule has 0 radical (unpaired) electrons. The highest BCUT2D eigenvalue weighted by atomic mass is 16.6. The summed E-state index contributed by atoms with van der Waals surface area (Å²) in [5.74, 6) is -2.59. The Labute approximate surface area is 261 Å². The molecule has 3 fully saturated rings. The maximum Gasteiger partial charge on any atom is 0.410 e. The molecule has 242 valence electrons. The highest BCUT2D eigenvalue weighted by Crippen LogP contribution is 2.45. The third-order valence-electron chi connectivity index (χ3n) is 9.74. The van der Waals surface area contributed by atoms with E-state index in [0.29, 0.717) is 25.9 Å². The molecule has 0 spiro atoms. The topological polar surface area (TPSA) is 167 Å². The van der Waals surface area contributed by atoms with Crippen molar-refractivity contribution in [3.05, 3.63) is 41.7 Å². The first-order valence-electron chi connectivity index (χ1n) is 16.1. The van der Waals surface area contributed by atoms with Crippen molar-refractivity contribution in [1.82, 2.24) is 25.4 Å². The van der Waals surface area contributed by atoms with Crippen molar-refractivity contribution in [3.8, 4) is 0 Å². The molecule has 4 heterocycles. The first-order valence-corrected chi connectivity index (χ1v) is 16.1. The minimum absolute atomic E-state index is 0.00109. The minimum Gasteiger partial charge on any atom is -0.479 e. The number of fused-ring (bicyclic) bond motifs is 3. The zero-order valence-electron chi connectivity index (χ0n) is 25.3. The van der Waals surface area contributed by atoms with Crippen LogP contribution < -0.4 is 10.6 Å². The van der Waals surface area contributed by atoms with Gasteiger partial charge >= 0.3 is 18.2 Å². The Morgan fingerprint density at radius 3 is 2.56 bits per heavy atom. The van der Waals surface area contributed by atoms with Crippen molar-refractivity contribution in [2.24, 2.45) is 5.92 Å². The zero-order chi connectivity index (χ0) is 31.6. The van der Waals surface area contributed by atoms with Crippen LogP contribution in [0.25, 0.3) is 0 Å². The molecular formula is C32H41N5O8. The highest BCUT2D eigenvalue weighted by Gasteiger charge is 2.61. The van der Waals surface area contributed by atoms with E-state index in [-0.39, 0.29) is 31.4 Å². The van der Waals surface area contributed by atoms with Crippen molar-refractivity contribution < 1.29 is 38.6 Å². The number of hydrogen-bond donors (Lipinski definition) is 3. The molecule has 1 saturated heterocycles. The summed E-state index contributed by atoms with van der Waals surface area (Å²) >= 11 is 0. The van der Waals surface area contributed by atoms with E-state index in [9.17, 15) is 29.1 Å². The van der Waals surface area contributed by atoms with Crippen LogP contribution in [0.15, 0.2) is 30.6 Å². The normalized spacial score (nSPS) is 31.0. The molecule has 1 aromatic rings. The summed E-state index contributed by atoms with van der Waals surface area (Å²) < 4.78 is 11.4. The van der Waals surface area contributed by atoms with Crippen LogP contribution >= 0.6 is 0 Å². The van der Waals surface area contributed by atoms with Crippen molar-refractivity contribution >= 4 is 30.0 Å². The van der Waals surface area contributed by atoms with Crippen LogP contribution in [0.2, 0.25) is 0 Å². The zero-order valence-corrected chi connectivity index (χ0v) is 25.3. The van der Waals surface area contributed by atoms with E-state index in [1.807, 2.05) is 18.2 Å². The number of allylic oxidation sites excluding steroid dienone is 1. The lowest BCUT2D eigenvalue weighted by molar-refractivity contribution is -0.145. The van der Waals surface area contributed by atoms with Crippen LogP contribution in [0.5, 0.6) is 0 Å². The summed E-state index contributed by atoms with van der Waals surface area (Å²) in [5, 5.41) is 15.5. The number of carbonyl (C=O) groups is 5. The number of carbonyl (C=O) groups excluding carboxylic acids is 4. The minimum atomic E-state index is -1.45.